The molecular formula is C26H24N4O5S. The van der Waals surface area contributed by atoms with E-state index in [9.17, 15) is 9.59 Å². The van der Waals surface area contributed by atoms with Crippen LogP contribution in [0.4, 0.5) is 5.13 Å². The Hall–Kier alpha value is -4.18. The highest BCUT2D eigenvalue weighted by molar-refractivity contribution is 7.22. The maximum Gasteiger partial charge on any atom is 0.254 e. The fourth-order valence-corrected chi connectivity index (χ4v) is 5.46. The van der Waals surface area contributed by atoms with Crippen molar-refractivity contribution in [3.05, 3.63) is 71.5 Å². The fourth-order valence-electron chi connectivity index (χ4n) is 4.57. The Morgan fingerprint density at radius 3 is 2.53 bits per heavy atom. The minimum Gasteiger partial charge on any atom is -0.497 e. The number of aromatic nitrogens is 2. The van der Waals surface area contributed by atoms with Crippen LogP contribution in [0.5, 0.6) is 17.2 Å². The number of rotatable bonds is 6. The van der Waals surface area contributed by atoms with Gasteiger partial charge in [0.25, 0.3) is 5.91 Å². The van der Waals surface area contributed by atoms with Crippen LogP contribution in [-0.2, 0) is 4.79 Å². The number of anilines is 1. The molecule has 0 fully saturated rings. The predicted molar refractivity (Wildman–Crippen MR) is 136 cm³/mol. The number of carbonyl (C=O) groups excluding carboxylic acids is 2. The molecule has 1 aliphatic rings. The van der Waals surface area contributed by atoms with Crippen molar-refractivity contribution in [2.75, 3.05) is 33.7 Å². The second-order valence-electron chi connectivity index (χ2n) is 8.26. The van der Waals surface area contributed by atoms with Crippen LogP contribution >= 0.6 is 11.3 Å². The largest absolute Gasteiger partial charge is 0.497 e. The van der Waals surface area contributed by atoms with Crippen molar-refractivity contribution in [3.63, 3.8) is 0 Å². The topological polar surface area (TPSA) is 103 Å². The summed E-state index contributed by atoms with van der Waals surface area (Å²) >= 11 is 1.35. The zero-order chi connectivity index (χ0) is 25.4. The number of hydrogen-bond acceptors (Lipinski definition) is 8. The molecule has 2 amide bonds. The third kappa shape index (κ3) is 3.99. The number of nitrogens with one attached hydrogen (secondary N) is 1. The number of amides is 2. The van der Waals surface area contributed by atoms with E-state index in [1.165, 1.54) is 25.6 Å². The van der Waals surface area contributed by atoms with Gasteiger partial charge in [0.05, 0.1) is 43.5 Å². The van der Waals surface area contributed by atoms with Gasteiger partial charge in [-0.05, 0) is 47.5 Å². The summed E-state index contributed by atoms with van der Waals surface area (Å²) in [7, 11) is 6.31. The average Bonchev–Trinajstić information content (AvgIpc) is 3.31. The molecule has 10 heteroatoms. The van der Waals surface area contributed by atoms with Crippen molar-refractivity contribution >= 4 is 38.5 Å². The molecule has 0 spiro atoms. The molecule has 9 nitrogen and oxygen atoms in total. The van der Waals surface area contributed by atoms with Gasteiger partial charge in [0.2, 0.25) is 5.91 Å². The van der Waals surface area contributed by atoms with Crippen LogP contribution in [0.3, 0.4) is 0 Å². The van der Waals surface area contributed by atoms with Crippen molar-refractivity contribution in [2.24, 2.45) is 0 Å². The zero-order valence-electron chi connectivity index (χ0n) is 20.1. The molecule has 3 heterocycles. The van der Waals surface area contributed by atoms with E-state index in [2.05, 4.69) is 15.3 Å². The molecule has 0 saturated heterocycles. The summed E-state index contributed by atoms with van der Waals surface area (Å²) in [6, 6.07) is 11.9. The molecule has 184 valence electrons. The standard InChI is InChI=1S/C26H24N4O5S/c1-30-23(14-6-5-9-27-13-14)22(16-11-19(34-3)20(35-4)12-17(16)25(30)32)24(31)29-26-28-18-8-7-15(33-2)10-21(18)36-26/h5-13,22-23H,1-4H3,(H,28,29,31). The van der Waals surface area contributed by atoms with Crippen molar-refractivity contribution in [1.29, 1.82) is 0 Å². The highest BCUT2D eigenvalue weighted by atomic mass is 32.1. The first kappa shape index (κ1) is 23.6. The first-order chi connectivity index (χ1) is 17.4. The van der Waals surface area contributed by atoms with Crippen LogP contribution in [0, 0.1) is 0 Å². The van der Waals surface area contributed by atoms with Gasteiger partial charge >= 0.3 is 0 Å². The number of methoxy groups -OCH3 is 3. The number of nitrogens with zero attached hydrogens (tertiary/aromatic N) is 3. The monoisotopic (exact) mass is 504 g/mol. The molecule has 0 saturated carbocycles. The summed E-state index contributed by atoms with van der Waals surface area (Å²) in [5.74, 6) is 0.274. The van der Waals surface area contributed by atoms with E-state index in [1.807, 2.05) is 24.3 Å². The molecule has 1 aliphatic heterocycles. The highest BCUT2D eigenvalue weighted by Crippen LogP contribution is 2.46. The maximum atomic E-state index is 13.9. The van der Waals surface area contributed by atoms with Crippen LogP contribution in [-0.4, -0.2) is 55.1 Å². The first-order valence-corrected chi connectivity index (χ1v) is 11.9. The van der Waals surface area contributed by atoms with Gasteiger partial charge in [0.1, 0.15) is 5.75 Å². The second-order valence-corrected chi connectivity index (χ2v) is 9.29. The van der Waals surface area contributed by atoms with Gasteiger partial charge in [-0.1, -0.05) is 17.4 Å². The molecule has 36 heavy (non-hydrogen) atoms. The number of carbonyl (C=O) groups is 2. The Balaban J connectivity index is 1.61. The molecule has 2 aromatic heterocycles. The lowest BCUT2D eigenvalue weighted by Crippen LogP contribution is -2.44. The molecule has 0 bridgehead atoms. The second kappa shape index (κ2) is 9.46. The van der Waals surface area contributed by atoms with Gasteiger partial charge < -0.3 is 24.4 Å². The molecule has 1 N–H and O–H groups in total. The lowest BCUT2D eigenvalue weighted by molar-refractivity contribution is -0.119. The summed E-state index contributed by atoms with van der Waals surface area (Å²) in [5.41, 5.74) is 2.42. The van der Waals surface area contributed by atoms with E-state index in [1.54, 1.807) is 49.7 Å². The van der Waals surface area contributed by atoms with Gasteiger partial charge in [-0.25, -0.2) is 4.98 Å². The van der Waals surface area contributed by atoms with Gasteiger partial charge in [-0.15, -0.1) is 0 Å². The van der Waals surface area contributed by atoms with Crippen LogP contribution in [0.15, 0.2) is 54.9 Å². The third-order valence-corrected chi connectivity index (χ3v) is 7.24. The molecule has 0 aliphatic carbocycles. The number of pyridine rings is 1. The first-order valence-electron chi connectivity index (χ1n) is 11.1. The van der Waals surface area contributed by atoms with Gasteiger partial charge in [0, 0.05) is 25.0 Å². The minimum absolute atomic E-state index is 0.226. The molecule has 2 aromatic carbocycles. The molecule has 4 aromatic rings. The summed E-state index contributed by atoms with van der Waals surface area (Å²) < 4.78 is 17.1. The molecular weight excluding hydrogens is 480 g/mol. The van der Waals surface area contributed by atoms with Crippen LogP contribution < -0.4 is 19.5 Å². The van der Waals surface area contributed by atoms with Gasteiger partial charge in [0.15, 0.2) is 16.6 Å². The quantitative estimate of drug-likeness (QED) is 0.418. The zero-order valence-corrected chi connectivity index (χ0v) is 21.0. The molecule has 2 atom stereocenters. The lowest BCUT2D eigenvalue weighted by Gasteiger charge is -2.39. The van der Waals surface area contributed by atoms with E-state index in [0.717, 1.165) is 15.8 Å². The Bertz CT molecular complexity index is 1460. The fraction of sp³-hybridized carbons (Fsp3) is 0.231. The number of hydrogen-bond donors (Lipinski definition) is 1. The summed E-state index contributed by atoms with van der Waals surface area (Å²) in [5, 5.41) is 3.43. The normalized spacial score (nSPS) is 17.0. The number of likely N-dealkylation sites (N-methyl/N-ethyl adjacent to an activating group) is 1. The van der Waals surface area contributed by atoms with E-state index in [0.29, 0.717) is 33.5 Å². The summed E-state index contributed by atoms with van der Waals surface area (Å²) in [6.45, 7) is 0. The average molecular weight is 505 g/mol. The van der Waals surface area contributed by atoms with E-state index in [4.69, 9.17) is 14.2 Å². The van der Waals surface area contributed by atoms with Crippen molar-refractivity contribution < 1.29 is 23.8 Å². The third-order valence-electron chi connectivity index (χ3n) is 6.31. The SMILES string of the molecule is COc1ccc2nc(NC(=O)C3c4cc(OC)c(OC)cc4C(=O)N(C)C3c3cccnc3)sc2c1. The summed E-state index contributed by atoms with van der Waals surface area (Å²) in [4.78, 5) is 37.7. The van der Waals surface area contributed by atoms with Gasteiger partial charge in [-0.3, -0.25) is 14.6 Å². The van der Waals surface area contributed by atoms with Crippen LogP contribution in [0.2, 0.25) is 0 Å². The van der Waals surface area contributed by atoms with E-state index in [-0.39, 0.29) is 11.8 Å². The number of ether oxygens (including phenoxy) is 3. The molecule has 5 rings (SSSR count). The molecule has 0 radical (unpaired) electrons. The molecule has 2 unspecified atom stereocenters. The lowest BCUT2D eigenvalue weighted by atomic mass is 9.79. The Morgan fingerprint density at radius 1 is 1.06 bits per heavy atom. The van der Waals surface area contributed by atoms with Crippen LogP contribution in [0.25, 0.3) is 10.2 Å². The van der Waals surface area contributed by atoms with Crippen molar-refractivity contribution in [3.8, 4) is 17.2 Å². The predicted octanol–water partition coefficient (Wildman–Crippen LogP) is 4.27. The highest BCUT2D eigenvalue weighted by Gasteiger charge is 2.44. The van der Waals surface area contributed by atoms with Crippen LogP contribution in [0.1, 0.15) is 33.4 Å². The number of benzene rings is 2. The smallest absolute Gasteiger partial charge is 0.254 e. The Kier molecular flexibility index (Phi) is 6.19. The summed E-state index contributed by atoms with van der Waals surface area (Å²) in [6.07, 6.45) is 3.32. The maximum absolute atomic E-state index is 13.9. The van der Waals surface area contributed by atoms with E-state index >= 15 is 0 Å². The van der Waals surface area contributed by atoms with Crippen molar-refractivity contribution in [1.82, 2.24) is 14.9 Å². The Labute approximate surface area is 211 Å². The number of thiazole rings is 1. The minimum atomic E-state index is -0.756. The van der Waals surface area contributed by atoms with E-state index < -0.39 is 12.0 Å². The number of fused-ring (bicyclic) bond motifs is 2. The van der Waals surface area contributed by atoms with Gasteiger partial charge in [-0.2, -0.15) is 0 Å². The van der Waals surface area contributed by atoms with Crippen molar-refractivity contribution in [2.45, 2.75) is 12.0 Å². The Morgan fingerprint density at radius 2 is 1.83 bits per heavy atom.